The van der Waals surface area contributed by atoms with E-state index in [4.69, 9.17) is 16.7 Å². The predicted octanol–water partition coefficient (Wildman–Crippen LogP) is 0.863. The van der Waals surface area contributed by atoms with E-state index in [1.807, 2.05) is 0 Å². The first kappa shape index (κ1) is 7.54. The average Bonchev–Trinajstić information content (AvgIpc) is 1.56. The van der Waals surface area contributed by atoms with Crippen LogP contribution >= 0.6 is 11.6 Å². The molecule has 0 heterocycles. The topological polar surface area (TPSA) is 54.4 Å². The second-order valence-corrected chi connectivity index (χ2v) is 2.81. The number of carboxylic acids is 1. The summed E-state index contributed by atoms with van der Waals surface area (Å²) in [6, 6.07) is 0. The van der Waals surface area contributed by atoms with Crippen LogP contribution in [-0.2, 0) is 9.59 Å². The average molecular weight is 163 g/mol. The lowest BCUT2D eigenvalue weighted by Gasteiger charge is -2.29. The standard InChI is InChI=1S/C6H7ClO3/c7-5(8)3-1-2-4(3)6(9)10/h3-4H,1-2H2,(H,9,10)/t3-,4+/m0/s1. The molecule has 0 aromatic rings. The number of carbonyl (C=O) groups is 2. The van der Waals surface area contributed by atoms with Crippen molar-refractivity contribution in [3.8, 4) is 0 Å². The summed E-state index contributed by atoms with van der Waals surface area (Å²) in [6.07, 6.45) is 1.21. The first-order chi connectivity index (χ1) is 4.63. The van der Waals surface area contributed by atoms with E-state index in [0.29, 0.717) is 12.8 Å². The molecule has 1 saturated carbocycles. The summed E-state index contributed by atoms with van der Waals surface area (Å²) in [6.45, 7) is 0. The van der Waals surface area contributed by atoms with Gasteiger partial charge < -0.3 is 5.11 Å². The van der Waals surface area contributed by atoms with Gasteiger partial charge in [0.2, 0.25) is 5.24 Å². The number of halogens is 1. The number of rotatable bonds is 2. The lowest BCUT2D eigenvalue weighted by atomic mass is 9.74. The minimum atomic E-state index is -0.912. The van der Waals surface area contributed by atoms with Crippen molar-refractivity contribution in [1.82, 2.24) is 0 Å². The maximum absolute atomic E-state index is 10.4. The van der Waals surface area contributed by atoms with Crippen molar-refractivity contribution in [2.24, 2.45) is 11.8 Å². The fourth-order valence-electron chi connectivity index (χ4n) is 1.07. The van der Waals surface area contributed by atoms with Gasteiger partial charge in [0.25, 0.3) is 0 Å². The highest BCUT2D eigenvalue weighted by atomic mass is 35.5. The highest BCUT2D eigenvalue weighted by molar-refractivity contribution is 6.64. The van der Waals surface area contributed by atoms with E-state index < -0.39 is 23.0 Å². The van der Waals surface area contributed by atoms with E-state index in [-0.39, 0.29) is 0 Å². The van der Waals surface area contributed by atoms with E-state index >= 15 is 0 Å². The minimum Gasteiger partial charge on any atom is -0.481 e. The first-order valence-electron chi connectivity index (χ1n) is 3.05. The molecule has 10 heavy (non-hydrogen) atoms. The lowest BCUT2D eigenvalue weighted by Crippen LogP contribution is -2.36. The van der Waals surface area contributed by atoms with E-state index in [1.54, 1.807) is 0 Å². The molecule has 0 aromatic heterocycles. The summed E-state index contributed by atoms with van der Waals surface area (Å²) in [7, 11) is 0. The van der Waals surface area contributed by atoms with Crippen LogP contribution in [0.3, 0.4) is 0 Å². The van der Waals surface area contributed by atoms with Gasteiger partial charge in [0.05, 0.1) is 5.92 Å². The largest absolute Gasteiger partial charge is 0.481 e. The van der Waals surface area contributed by atoms with Gasteiger partial charge in [-0.2, -0.15) is 0 Å². The van der Waals surface area contributed by atoms with Gasteiger partial charge in [0.1, 0.15) is 0 Å². The Bertz CT molecular complexity index is 158. The molecule has 1 aliphatic rings. The normalized spacial score (nSPS) is 30.9. The van der Waals surface area contributed by atoms with Gasteiger partial charge in [-0.05, 0) is 24.4 Å². The number of carbonyl (C=O) groups excluding carboxylic acids is 1. The molecule has 0 amide bonds. The Morgan fingerprint density at radius 3 is 1.90 bits per heavy atom. The Hall–Kier alpha value is -0.570. The molecular weight excluding hydrogens is 156 g/mol. The third kappa shape index (κ3) is 1.14. The number of hydrogen-bond donors (Lipinski definition) is 1. The number of aliphatic carboxylic acids is 1. The number of hydrogen-bond acceptors (Lipinski definition) is 2. The second kappa shape index (κ2) is 2.58. The summed E-state index contributed by atoms with van der Waals surface area (Å²) >= 11 is 5.12. The molecule has 3 nitrogen and oxygen atoms in total. The third-order valence-corrected chi connectivity index (χ3v) is 2.16. The van der Waals surface area contributed by atoms with Crippen LogP contribution in [0.5, 0.6) is 0 Å². The molecule has 0 saturated heterocycles. The van der Waals surface area contributed by atoms with Gasteiger partial charge in [-0.1, -0.05) is 0 Å². The molecule has 1 fully saturated rings. The van der Waals surface area contributed by atoms with Crippen LogP contribution in [-0.4, -0.2) is 16.3 Å². The Labute approximate surface area is 63.0 Å². The number of carboxylic acid groups (broad SMARTS) is 1. The summed E-state index contributed by atoms with van der Waals surface area (Å²) < 4.78 is 0. The smallest absolute Gasteiger partial charge is 0.307 e. The molecule has 0 unspecified atom stereocenters. The van der Waals surface area contributed by atoms with Crippen LogP contribution in [0.2, 0.25) is 0 Å². The molecular formula is C6H7ClO3. The van der Waals surface area contributed by atoms with Crippen molar-refractivity contribution < 1.29 is 14.7 Å². The van der Waals surface area contributed by atoms with Crippen molar-refractivity contribution in [3.63, 3.8) is 0 Å². The minimum absolute atomic E-state index is 0.431. The Morgan fingerprint density at radius 1 is 1.30 bits per heavy atom. The van der Waals surface area contributed by atoms with Crippen LogP contribution < -0.4 is 0 Å². The highest BCUT2D eigenvalue weighted by Crippen LogP contribution is 2.35. The molecule has 0 spiro atoms. The summed E-state index contributed by atoms with van der Waals surface area (Å²) in [5.41, 5.74) is 0. The van der Waals surface area contributed by atoms with Gasteiger partial charge in [-0.15, -0.1) is 0 Å². The van der Waals surface area contributed by atoms with Crippen LogP contribution in [0.15, 0.2) is 0 Å². The SMILES string of the molecule is O=C(Cl)[C@H]1CC[C@H]1C(=O)O. The van der Waals surface area contributed by atoms with Gasteiger partial charge in [0, 0.05) is 5.92 Å². The molecule has 1 N–H and O–H groups in total. The van der Waals surface area contributed by atoms with Crippen molar-refractivity contribution >= 4 is 22.8 Å². The van der Waals surface area contributed by atoms with Gasteiger partial charge in [-0.3, -0.25) is 9.59 Å². The van der Waals surface area contributed by atoms with E-state index in [1.165, 1.54) is 0 Å². The Kier molecular flexibility index (Phi) is 1.94. The fraction of sp³-hybridized carbons (Fsp3) is 0.667. The molecule has 4 heteroatoms. The Balaban J connectivity index is 2.51. The zero-order chi connectivity index (χ0) is 7.72. The summed E-state index contributed by atoms with van der Waals surface area (Å²) in [5, 5.41) is 7.93. The van der Waals surface area contributed by atoms with Crippen LogP contribution in [0.25, 0.3) is 0 Å². The monoisotopic (exact) mass is 162 g/mol. The zero-order valence-electron chi connectivity index (χ0n) is 5.21. The first-order valence-corrected chi connectivity index (χ1v) is 3.43. The molecule has 1 rings (SSSR count). The molecule has 0 bridgehead atoms. The van der Waals surface area contributed by atoms with Crippen molar-refractivity contribution in [1.29, 1.82) is 0 Å². The van der Waals surface area contributed by atoms with Gasteiger partial charge in [0.15, 0.2) is 0 Å². The molecule has 0 aliphatic heterocycles. The Morgan fingerprint density at radius 2 is 1.80 bits per heavy atom. The summed E-state index contributed by atoms with van der Waals surface area (Å²) in [5.74, 6) is -1.87. The molecule has 56 valence electrons. The van der Waals surface area contributed by atoms with Gasteiger partial charge in [-0.25, -0.2) is 0 Å². The third-order valence-electron chi connectivity index (χ3n) is 1.88. The predicted molar refractivity (Wildman–Crippen MR) is 34.7 cm³/mol. The van der Waals surface area contributed by atoms with E-state index in [2.05, 4.69) is 0 Å². The molecule has 0 radical (unpaired) electrons. The molecule has 1 aliphatic carbocycles. The van der Waals surface area contributed by atoms with Crippen LogP contribution in [0.4, 0.5) is 0 Å². The molecule has 2 atom stereocenters. The van der Waals surface area contributed by atoms with Crippen molar-refractivity contribution in [2.75, 3.05) is 0 Å². The molecule has 0 aromatic carbocycles. The van der Waals surface area contributed by atoms with Crippen molar-refractivity contribution in [2.45, 2.75) is 12.8 Å². The maximum Gasteiger partial charge on any atom is 0.307 e. The second-order valence-electron chi connectivity index (χ2n) is 2.43. The highest BCUT2D eigenvalue weighted by Gasteiger charge is 2.40. The van der Waals surface area contributed by atoms with Crippen LogP contribution in [0.1, 0.15) is 12.8 Å². The fourth-order valence-corrected chi connectivity index (χ4v) is 1.33. The van der Waals surface area contributed by atoms with Crippen molar-refractivity contribution in [3.05, 3.63) is 0 Å². The van der Waals surface area contributed by atoms with Gasteiger partial charge >= 0.3 is 5.97 Å². The zero-order valence-corrected chi connectivity index (χ0v) is 5.97. The van der Waals surface area contributed by atoms with Crippen LogP contribution in [0, 0.1) is 11.8 Å². The van der Waals surface area contributed by atoms with E-state index in [0.717, 1.165) is 0 Å². The quantitative estimate of drug-likeness (QED) is 0.613. The maximum atomic E-state index is 10.4. The van der Waals surface area contributed by atoms with E-state index in [9.17, 15) is 9.59 Å². The summed E-state index contributed by atoms with van der Waals surface area (Å²) in [4.78, 5) is 20.7. The lowest BCUT2D eigenvalue weighted by molar-refractivity contribution is -0.150.